The van der Waals surface area contributed by atoms with Crippen molar-refractivity contribution in [2.75, 3.05) is 32.7 Å². The fraction of sp³-hybridized carbons (Fsp3) is 0.440. The number of rotatable bonds is 9. The standard InChI is InChI=1S/C25H29F3N4O3S/c1-3-13-29-23(33)16-30-24(34)17-32(36(35)25(26,27)28)20-11-14-31(15-12-20)18(2)21-10-6-8-19-7-4-5-9-22(19)21/h1,4-10,18,20H,11-17H2,2H3,(H,29,33)(H,30,34). The maximum Gasteiger partial charge on any atom is 0.485 e. The zero-order valence-electron chi connectivity index (χ0n) is 19.9. The number of alkyl halides is 3. The van der Waals surface area contributed by atoms with Crippen LogP contribution in [0.5, 0.6) is 0 Å². The molecule has 0 spiro atoms. The highest BCUT2D eigenvalue weighted by Gasteiger charge is 2.45. The average Bonchev–Trinajstić information content (AvgIpc) is 2.87. The van der Waals surface area contributed by atoms with Gasteiger partial charge in [0.1, 0.15) is 0 Å². The number of nitrogens with zero attached hydrogens (tertiary/aromatic N) is 2. The van der Waals surface area contributed by atoms with Crippen molar-refractivity contribution in [1.82, 2.24) is 19.8 Å². The molecule has 36 heavy (non-hydrogen) atoms. The van der Waals surface area contributed by atoms with Gasteiger partial charge < -0.3 is 10.6 Å². The van der Waals surface area contributed by atoms with Crippen molar-refractivity contribution in [3.8, 4) is 12.3 Å². The second-order valence-corrected chi connectivity index (χ2v) is 9.97. The van der Waals surface area contributed by atoms with Crippen molar-refractivity contribution < 1.29 is 27.0 Å². The molecule has 1 aliphatic rings. The van der Waals surface area contributed by atoms with Gasteiger partial charge in [-0.2, -0.15) is 13.2 Å². The normalized spacial score (nSPS) is 16.9. The van der Waals surface area contributed by atoms with E-state index in [9.17, 15) is 27.0 Å². The summed E-state index contributed by atoms with van der Waals surface area (Å²) >= 11 is 0. The molecule has 2 aromatic carbocycles. The molecule has 2 unspecified atom stereocenters. The molecule has 0 radical (unpaired) electrons. The van der Waals surface area contributed by atoms with Crippen LogP contribution in [0.2, 0.25) is 0 Å². The van der Waals surface area contributed by atoms with Gasteiger partial charge in [-0.15, -0.1) is 6.42 Å². The quantitative estimate of drug-likeness (QED) is 0.497. The van der Waals surface area contributed by atoms with Gasteiger partial charge in [0.15, 0.2) is 0 Å². The van der Waals surface area contributed by atoms with Crippen LogP contribution >= 0.6 is 0 Å². The number of carbonyl (C=O) groups is 2. The fourth-order valence-electron chi connectivity index (χ4n) is 4.42. The summed E-state index contributed by atoms with van der Waals surface area (Å²) in [6, 6.07) is 13.4. The van der Waals surface area contributed by atoms with E-state index >= 15 is 0 Å². The highest BCUT2D eigenvalue weighted by atomic mass is 32.2. The van der Waals surface area contributed by atoms with E-state index in [2.05, 4.69) is 28.4 Å². The molecule has 1 saturated heterocycles. The molecule has 2 aromatic rings. The summed E-state index contributed by atoms with van der Waals surface area (Å²) in [6.07, 6.45) is 5.66. The number of likely N-dealkylation sites (tertiary alicyclic amines) is 1. The fourth-order valence-corrected chi connectivity index (χ4v) is 5.40. The Labute approximate surface area is 211 Å². The minimum atomic E-state index is -5.00. The van der Waals surface area contributed by atoms with Crippen LogP contribution in [0.4, 0.5) is 13.2 Å². The summed E-state index contributed by atoms with van der Waals surface area (Å²) in [5.74, 6) is 0.808. The monoisotopic (exact) mass is 522 g/mol. The molecule has 0 bridgehead atoms. The van der Waals surface area contributed by atoms with Gasteiger partial charge in [0.2, 0.25) is 22.8 Å². The summed E-state index contributed by atoms with van der Waals surface area (Å²) in [7, 11) is -3.36. The predicted molar refractivity (Wildman–Crippen MR) is 133 cm³/mol. The topological polar surface area (TPSA) is 81.8 Å². The Morgan fingerprint density at radius 1 is 1.14 bits per heavy atom. The molecule has 7 nitrogen and oxygen atoms in total. The smallest absolute Gasteiger partial charge is 0.346 e. The summed E-state index contributed by atoms with van der Waals surface area (Å²) in [5, 5.41) is 6.84. The minimum Gasteiger partial charge on any atom is -0.346 e. The number of hydrogen-bond donors (Lipinski definition) is 2. The highest BCUT2D eigenvalue weighted by Crippen LogP contribution is 2.32. The van der Waals surface area contributed by atoms with E-state index in [-0.39, 0.29) is 12.6 Å². The third-order valence-electron chi connectivity index (χ3n) is 6.27. The number of hydrogen-bond acceptors (Lipinski definition) is 4. The van der Waals surface area contributed by atoms with Gasteiger partial charge in [-0.3, -0.25) is 14.5 Å². The number of amides is 2. The lowest BCUT2D eigenvalue weighted by Gasteiger charge is -2.40. The molecular formula is C25H29F3N4O3S. The van der Waals surface area contributed by atoms with E-state index in [0.717, 1.165) is 16.3 Å². The molecule has 2 N–H and O–H groups in total. The zero-order chi connectivity index (χ0) is 26.3. The molecular weight excluding hydrogens is 493 g/mol. The van der Waals surface area contributed by atoms with E-state index in [1.807, 2.05) is 42.5 Å². The number of carbonyl (C=O) groups excluding carboxylic acids is 2. The third kappa shape index (κ3) is 7.06. The van der Waals surface area contributed by atoms with Gasteiger partial charge in [0.25, 0.3) is 0 Å². The highest BCUT2D eigenvalue weighted by molar-refractivity contribution is 7.83. The van der Waals surface area contributed by atoms with Crippen molar-refractivity contribution in [2.45, 2.75) is 37.4 Å². The second-order valence-electron chi connectivity index (χ2n) is 8.54. The van der Waals surface area contributed by atoms with Crippen molar-refractivity contribution in [1.29, 1.82) is 0 Å². The number of fused-ring (bicyclic) bond motifs is 1. The average molecular weight is 523 g/mol. The Kier molecular flexibility index (Phi) is 9.48. The largest absolute Gasteiger partial charge is 0.485 e. The van der Waals surface area contributed by atoms with Crippen LogP contribution in [0.3, 0.4) is 0 Å². The van der Waals surface area contributed by atoms with Crippen molar-refractivity contribution in [3.63, 3.8) is 0 Å². The van der Waals surface area contributed by atoms with Crippen LogP contribution < -0.4 is 10.6 Å². The molecule has 3 rings (SSSR count). The van der Waals surface area contributed by atoms with E-state index in [1.54, 1.807) is 0 Å². The lowest BCUT2D eigenvalue weighted by atomic mass is 9.96. The Bertz CT molecular complexity index is 1140. The van der Waals surface area contributed by atoms with Crippen molar-refractivity contribution >= 4 is 33.6 Å². The number of halogens is 3. The van der Waals surface area contributed by atoms with Crippen LogP contribution in [0.1, 0.15) is 31.4 Å². The minimum absolute atomic E-state index is 0.0310. The number of piperidine rings is 1. The van der Waals surface area contributed by atoms with Gasteiger partial charge in [0, 0.05) is 25.2 Å². The first-order valence-electron chi connectivity index (χ1n) is 11.6. The van der Waals surface area contributed by atoms with E-state index in [1.165, 1.54) is 0 Å². The maximum atomic E-state index is 13.4. The van der Waals surface area contributed by atoms with E-state index < -0.39 is 47.4 Å². The van der Waals surface area contributed by atoms with Crippen LogP contribution in [0, 0.1) is 12.3 Å². The molecule has 2 atom stereocenters. The van der Waals surface area contributed by atoms with Gasteiger partial charge in [-0.05, 0) is 36.1 Å². The lowest BCUT2D eigenvalue weighted by Crippen LogP contribution is -2.52. The number of nitrogens with one attached hydrogen (secondary N) is 2. The SMILES string of the molecule is C#CCNC(=O)CNC(=O)CN(C1CCN(C(C)c2cccc3ccccc23)CC1)S(=O)C(F)(F)F. The van der Waals surface area contributed by atoms with Gasteiger partial charge in [0.05, 0.1) is 19.6 Å². The summed E-state index contributed by atoms with van der Waals surface area (Å²) < 4.78 is 53.1. The lowest BCUT2D eigenvalue weighted by molar-refractivity contribution is -0.126. The van der Waals surface area contributed by atoms with Gasteiger partial charge >= 0.3 is 5.51 Å². The predicted octanol–water partition coefficient (Wildman–Crippen LogP) is 2.72. The summed E-state index contributed by atoms with van der Waals surface area (Å²) in [4.78, 5) is 26.1. The Morgan fingerprint density at radius 3 is 2.47 bits per heavy atom. The third-order valence-corrected chi connectivity index (χ3v) is 7.52. The zero-order valence-corrected chi connectivity index (χ0v) is 20.7. The van der Waals surface area contributed by atoms with Gasteiger partial charge in [-0.1, -0.05) is 48.4 Å². The molecule has 1 aliphatic heterocycles. The van der Waals surface area contributed by atoms with Crippen molar-refractivity contribution in [2.24, 2.45) is 0 Å². The summed E-state index contributed by atoms with van der Waals surface area (Å²) in [6.45, 7) is 1.82. The Hall–Kier alpha value is -2.94. The molecule has 1 heterocycles. The first-order valence-corrected chi connectivity index (χ1v) is 12.7. The summed E-state index contributed by atoms with van der Waals surface area (Å²) in [5.41, 5.74) is -3.87. The van der Waals surface area contributed by atoms with Crippen LogP contribution in [-0.2, 0) is 20.6 Å². The second kappa shape index (κ2) is 12.3. The van der Waals surface area contributed by atoms with E-state index in [0.29, 0.717) is 30.2 Å². The number of terminal acetylenes is 1. The molecule has 0 aromatic heterocycles. The Morgan fingerprint density at radius 2 is 1.81 bits per heavy atom. The van der Waals surface area contributed by atoms with Gasteiger partial charge in [-0.25, -0.2) is 8.51 Å². The molecule has 194 valence electrons. The van der Waals surface area contributed by atoms with E-state index in [4.69, 9.17) is 6.42 Å². The maximum absolute atomic E-state index is 13.4. The first kappa shape index (κ1) is 27.6. The molecule has 2 amide bonds. The molecule has 0 saturated carbocycles. The number of benzene rings is 2. The van der Waals surface area contributed by atoms with Crippen LogP contribution in [-0.4, -0.2) is 69.5 Å². The van der Waals surface area contributed by atoms with Crippen LogP contribution in [0.15, 0.2) is 42.5 Å². The van der Waals surface area contributed by atoms with Crippen LogP contribution in [0.25, 0.3) is 10.8 Å². The Balaban J connectivity index is 1.65. The van der Waals surface area contributed by atoms with Crippen molar-refractivity contribution in [3.05, 3.63) is 48.0 Å². The molecule has 0 aliphatic carbocycles. The first-order chi connectivity index (χ1) is 17.1. The molecule has 11 heteroatoms. The molecule has 1 fully saturated rings.